The Morgan fingerprint density at radius 1 is 1.00 bits per heavy atom. The third-order valence-corrected chi connectivity index (χ3v) is 4.15. The first-order chi connectivity index (χ1) is 9.90. The zero-order valence-corrected chi connectivity index (χ0v) is 14.1. The summed E-state index contributed by atoms with van der Waals surface area (Å²) in [7, 11) is 0. The van der Waals surface area contributed by atoms with Gasteiger partial charge in [0.1, 0.15) is 0 Å². The lowest BCUT2D eigenvalue weighted by Gasteiger charge is -2.22. The molecule has 0 bridgehead atoms. The minimum absolute atomic E-state index is 0.135. The fraction of sp³-hybridized carbons (Fsp3) is 0.300. The molecule has 0 N–H and O–H groups in total. The molecule has 0 spiro atoms. The number of aryl methyl sites for hydroxylation is 2. The molecule has 2 aromatic rings. The molecule has 0 amide bonds. The van der Waals surface area contributed by atoms with E-state index in [0.29, 0.717) is 0 Å². The maximum Gasteiger partial charge on any atom is 0.00775 e. The molecule has 21 heavy (non-hydrogen) atoms. The second kappa shape index (κ2) is 6.53. The molecular formula is C20H24S. The van der Waals surface area contributed by atoms with E-state index in [9.17, 15) is 0 Å². The molecule has 0 aliphatic heterocycles. The van der Waals surface area contributed by atoms with Crippen LogP contribution in [0.15, 0.2) is 53.9 Å². The van der Waals surface area contributed by atoms with Crippen LogP contribution in [0.3, 0.4) is 0 Å². The molecule has 2 aromatic carbocycles. The van der Waals surface area contributed by atoms with Crippen molar-refractivity contribution in [3.05, 3.63) is 71.3 Å². The first kappa shape index (κ1) is 15.9. The van der Waals surface area contributed by atoms with E-state index in [1.54, 1.807) is 0 Å². The van der Waals surface area contributed by atoms with Crippen LogP contribution in [0.5, 0.6) is 0 Å². The predicted octanol–water partition coefficient (Wildman–Crippen LogP) is 5.70. The summed E-state index contributed by atoms with van der Waals surface area (Å²) in [6.07, 6.45) is 4.01. The van der Waals surface area contributed by atoms with Crippen LogP contribution in [-0.4, -0.2) is 0 Å². The summed E-state index contributed by atoms with van der Waals surface area (Å²) < 4.78 is 0. The van der Waals surface area contributed by atoms with Crippen LogP contribution in [0.25, 0.3) is 6.08 Å². The maximum atomic E-state index is 4.59. The van der Waals surface area contributed by atoms with Gasteiger partial charge in [0.2, 0.25) is 0 Å². The second-order valence-corrected chi connectivity index (χ2v) is 7.03. The Bertz CT molecular complexity index is 633. The average molecular weight is 296 g/mol. The van der Waals surface area contributed by atoms with E-state index in [4.69, 9.17) is 0 Å². The van der Waals surface area contributed by atoms with E-state index in [1.807, 2.05) is 6.08 Å². The molecule has 0 fully saturated rings. The summed E-state index contributed by atoms with van der Waals surface area (Å²) in [5, 5.41) is 0. The third-order valence-electron chi connectivity index (χ3n) is 3.76. The lowest BCUT2D eigenvalue weighted by molar-refractivity contribution is 0.577. The third kappa shape index (κ3) is 4.25. The highest BCUT2D eigenvalue weighted by Crippen LogP contribution is 2.29. The number of rotatable bonds is 4. The fourth-order valence-corrected chi connectivity index (χ4v) is 2.98. The summed E-state index contributed by atoms with van der Waals surface area (Å²) >= 11 is 4.59. The molecule has 110 valence electrons. The van der Waals surface area contributed by atoms with Gasteiger partial charge in [-0.25, -0.2) is 0 Å². The number of thiol groups is 1. The number of benzene rings is 2. The van der Waals surface area contributed by atoms with Crippen molar-refractivity contribution >= 4 is 18.7 Å². The normalized spacial score (nSPS) is 11.4. The SMILES string of the molecule is C=Cc1cccc(CCc2ccc(S)c(C(C)(C)C)c2)c1. The fourth-order valence-electron chi connectivity index (χ4n) is 2.50. The Hall–Kier alpha value is -1.47. The Labute approximate surface area is 134 Å². The largest absolute Gasteiger partial charge is 0.143 e. The van der Waals surface area contributed by atoms with Gasteiger partial charge in [-0.1, -0.05) is 69.8 Å². The van der Waals surface area contributed by atoms with Crippen molar-refractivity contribution in [3.8, 4) is 0 Å². The molecule has 0 radical (unpaired) electrons. The van der Waals surface area contributed by atoms with Crippen LogP contribution >= 0.6 is 12.6 Å². The Morgan fingerprint density at radius 2 is 1.67 bits per heavy atom. The molecule has 0 aliphatic carbocycles. The van der Waals surface area contributed by atoms with Crippen molar-refractivity contribution in [2.24, 2.45) is 0 Å². The molecule has 0 atom stereocenters. The molecule has 0 saturated heterocycles. The van der Waals surface area contributed by atoms with Crippen LogP contribution in [0, 0.1) is 0 Å². The predicted molar refractivity (Wildman–Crippen MR) is 96.3 cm³/mol. The minimum Gasteiger partial charge on any atom is -0.143 e. The van der Waals surface area contributed by atoms with Gasteiger partial charge in [0.25, 0.3) is 0 Å². The molecule has 0 aliphatic rings. The van der Waals surface area contributed by atoms with Gasteiger partial charge in [0, 0.05) is 4.90 Å². The monoisotopic (exact) mass is 296 g/mol. The van der Waals surface area contributed by atoms with Crippen LogP contribution in [-0.2, 0) is 18.3 Å². The van der Waals surface area contributed by atoms with E-state index in [1.165, 1.54) is 22.3 Å². The van der Waals surface area contributed by atoms with Gasteiger partial charge in [-0.2, -0.15) is 0 Å². The van der Waals surface area contributed by atoms with Crippen LogP contribution in [0.1, 0.15) is 43.0 Å². The minimum atomic E-state index is 0.135. The second-order valence-electron chi connectivity index (χ2n) is 6.55. The lowest BCUT2D eigenvalue weighted by atomic mass is 9.85. The quantitative estimate of drug-likeness (QED) is 0.687. The molecule has 0 saturated carbocycles. The summed E-state index contributed by atoms with van der Waals surface area (Å²) in [4.78, 5) is 1.08. The standard InChI is InChI=1S/C20H24S/c1-5-15-7-6-8-16(13-15)9-10-17-11-12-19(21)18(14-17)20(2,3)4/h5-8,11-14,21H,1,9-10H2,2-4H3. The van der Waals surface area contributed by atoms with E-state index in [2.05, 4.69) is 82.4 Å². The summed E-state index contributed by atoms with van der Waals surface area (Å²) in [6, 6.07) is 15.2. The maximum absolute atomic E-state index is 4.59. The van der Waals surface area contributed by atoms with E-state index in [0.717, 1.165) is 17.7 Å². The van der Waals surface area contributed by atoms with Gasteiger partial charge in [0.15, 0.2) is 0 Å². The smallest absolute Gasteiger partial charge is 0.00775 e. The molecule has 1 heteroatoms. The highest BCUT2D eigenvalue weighted by Gasteiger charge is 2.16. The van der Waals surface area contributed by atoms with E-state index >= 15 is 0 Å². The van der Waals surface area contributed by atoms with Gasteiger partial charge in [0.05, 0.1) is 0 Å². The molecule has 0 unspecified atom stereocenters. The highest BCUT2D eigenvalue weighted by molar-refractivity contribution is 7.80. The van der Waals surface area contributed by atoms with E-state index < -0.39 is 0 Å². The van der Waals surface area contributed by atoms with Crippen LogP contribution in [0.2, 0.25) is 0 Å². The zero-order chi connectivity index (χ0) is 15.5. The lowest BCUT2D eigenvalue weighted by Crippen LogP contribution is -2.12. The molecular weight excluding hydrogens is 272 g/mol. The van der Waals surface area contributed by atoms with Crippen molar-refractivity contribution in [1.82, 2.24) is 0 Å². The van der Waals surface area contributed by atoms with Crippen molar-refractivity contribution < 1.29 is 0 Å². The number of hydrogen-bond acceptors (Lipinski definition) is 1. The molecule has 0 aromatic heterocycles. The summed E-state index contributed by atoms with van der Waals surface area (Å²) in [5.74, 6) is 0. The molecule has 0 heterocycles. The van der Waals surface area contributed by atoms with Crippen LogP contribution < -0.4 is 0 Å². The van der Waals surface area contributed by atoms with Gasteiger partial charge < -0.3 is 0 Å². The van der Waals surface area contributed by atoms with E-state index in [-0.39, 0.29) is 5.41 Å². The first-order valence-corrected chi connectivity index (χ1v) is 7.88. The molecule has 0 nitrogen and oxygen atoms in total. The van der Waals surface area contributed by atoms with Gasteiger partial charge in [-0.3, -0.25) is 0 Å². The number of hydrogen-bond donors (Lipinski definition) is 1. The summed E-state index contributed by atoms with van der Waals surface area (Å²) in [5.41, 5.74) is 5.38. The van der Waals surface area contributed by atoms with Gasteiger partial charge in [-0.05, 0) is 46.6 Å². The first-order valence-electron chi connectivity index (χ1n) is 7.44. The summed E-state index contributed by atoms with van der Waals surface area (Å²) in [6.45, 7) is 10.5. The van der Waals surface area contributed by atoms with Crippen molar-refractivity contribution in [1.29, 1.82) is 0 Å². The topological polar surface area (TPSA) is 0 Å². The Morgan fingerprint density at radius 3 is 2.29 bits per heavy atom. The zero-order valence-electron chi connectivity index (χ0n) is 13.2. The average Bonchev–Trinajstić information content (AvgIpc) is 2.45. The highest BCUT2D eigenvalue weighted by atomic mass is 32.1. The Kier molecular flexibility index (Phi) is 4.95. The Balaban J connectivity index is 2.15. The van der Waals surface area contributed by atoms with Gasteiger partial charge >= 0.3 is 0 Å². The van der Waals surface area contributed by atoms with Gasteiger partial charge in [-0.15, -0.1) is 12.6 Å². The molecule has 2 rings (SSSR count). The van der Waals surface area contributed by atoms with Crippen molar-refractivity contribution in [3.63, 3.8) is 0 Å². The van der Waals surface area contributed by atoms with Crippen molar-refractivity contribution in [2.45, 2.75) is 43.9 Å². The van der Waals surface area contributed by atoms with Crippen molar-refractivity contribution in [2.75, 3.05) is 0 Å². The van der Waals surface area contributed by atoms with Crippen LogP contribution in [0.4, 0.5) is 0 Å².